The van der Waals surface area contributed by atoms with Gasteiger partial charge in [0.25, 0.3) is 0 Å². The first-order chi connectivity index (χ1) is 7.31. The minimum Gasteiger partial charge on any atom is -0.465 e. The Bertz CT molecular complexity index is 300. The zero-order chi connectivity index (χ0) is 13.0. The molecule has 2 atom stereocenters. The predicted molar refractivity (Wildman–Crippen MR) is 59.2 cm³/mol. The number of alkyl halides is 1. The number of carbonyl (C=O) groups is 1. The van der Waals surface area contributed by atoms with E-state index in [1.54, 1.807) is 13.8 Å². The molecule has 0 saturated carbocycles. The van der Waals surface area contributed by atoms with Crippen molar-refractivity contribution in [1.29, 1.82) is 0 Å². The molecule has 0 N–H and O–H groups in total. The molecule has 0 aromatic carbocycles. The molecular weight excluding hydrogens is 260 g/mol. The lowest BCUT2D eigenvalue weighted by Crippen LogP contribution is -2.40. The quantitative estimate of drug-likeness (QED) is 0.422. The number of carbonyl (C=O) groups excluding carboxylic acids is 1. The number of ether oxygens (including phenoxy) is 2. The number of hydrogen-bond acceptors (Lipinski definition) is 4. The van der Waals surface area contributed by atoms with Gasteiger partial charge in [0.2, 0.25) is 0 Å². The van der Waals surface area contributed by atoms with Crippen LogP contribution in [-0.2, 0) is 18.8 Å². The van der Waals surface area contributed by atoms with Crippen molar-refractivity contribution in [3.05, 3.63) is 0 Å². The highest BCUT2D eigenvalue weighted by Gasteiger charge is 2.59. The molecule has 0 aliphatic rings. The van der Waals surface area contributed by atoms with Crippen molar-refractivity contribution in [2.45, 2.75) is 18.6 Å². The van der Waals surface area contributed by atoms with Gasteiger partial charge in [0, 0.05) is 20.2 Å². The van der Waals surface area contributed by atoms with Crippen LogP contribution in [0, 0.1) is 0 Å². The van der Waals surface area contributed by atoms with Crippen molar-refractivity contribution < 1.29 is 23.0 Å². The first-order valence-electron chi connectivity index (χ1n) is 4.69. The topological polar surface area (TPSA) is 55.8 Å². The second kappa shape index (κ2) is 5.96. The lowest BCUT2D eigenvalue weighted by molar-refractivity contribution is -0.150. The van der Waals surface area contributed by atoms with Crippen molar-refractivity contribution in [2.24, 2.45) is 0 Å². The van der Waals surface area contributed by atoms with Gasteiger partial charge in [-0.2, -0.15) is 4.20 Å². The zero-order valence-electron chi connectivity index (χ0n) is 9.70. The maximum absolute atomic E-state index is 14.2. The maximum atomic E-state index is 14.2. The number of rotatable bonds is 6. The normalized spacial score (nSPS) is 18.9. The van der Waals surface area contributed by atoms with Crippen LogP contribution in [0.25, 0.3) is 0 Å². The van der Waals surface area contributed by atoms with Gasteiger partial charge in [0.15, 0.2) is 0 Å². The number of hydrogen-bond donors (Lipinski definition) is 0. The Kier molecular flexibility index (Phi) is 5.90. The summed E-state index contributed by atoms with van der Waals surface area (Å²) in [5.41, 5.74) is 0. The van der Waals surface area contributed by atoms with Gasteiger partial charge in [0.1, 0.15) is 0 Å². The summed E-state index contributed by atoms with van der Waals surface area (Å²) in [5.74, 6) is -1.21. The summed E-state index contributed by atoms with van der Waals surface area (Å²) in [6.07, 6.45) is 0. The molecule has 16 heavy (non-hydrogen) atoms. The zero-order valence-corrected chi connectivity index (χ0v) is 11.3. The van der Waals surface area contributed by atoms with Gasteiger partial charge in [-0.1, -0.05) is 25.4 Å². The van der Waals surface area contributed by atoms with Gasteiger partial charge in [0.05, 0.1) is 7.11 Å². The van der Waals surface area contributed by atoms with Crippen molar-refractivity contribution in [3.63, 3.8) is 0 Å². The molecule has 0 radical (unpaired) electrons. The molecule has 0 aliphatic carbocycles. The van der Waals surface area contributed by atoms with E-state index in [4.69, 9.17) is 11.6 Å². The van der Waals surface area contributed by atoms with E-state index in [1.807, 2.05) is 0 Å². The summed E-state index contributed by atoms with van der Waals surface area (Å²) in [6.45, 7) is 3.47. The molecule has 0 aromatic rings. The van der Waals surface area contributed by atoms with Gasteiger partial charge in [-0.15, -0.1) is 0 Å². The van der Waals surface area contributed by atoms with E-state index in [1.165, 1.54) is 0 Å². The van der Waals surface area contributed by atoms with E-state index in [0.29, 0.717) is 0 Å². The largest absolute Gasteiger partial charge is 0.465 e. The van der Waals surface area contributed by atoms with Crippen LogP contribution >= 0.6 is 19.2 Å². The summed E-state index contributed by atoms with van der Waals surface area (Å²) in [4.78, 5) is 8.73. The molecule has 96 valence electrons. The summed E-state index contributed by atoms with van der Waals surface area (Å²) >= 11 is 5.64. The van der Waals surface area contributed by atoms with Crippen LogP contribution in [0.1, 0.15) is 13.8 Å². The van der Waals surface area contributed by atoms with Crippen molar-refractivity contribution in [2.75, 3.05) is 27.3 Å². The van der Waals surface area contributed by atoms with E-state index in [-0.39, 0.29) is 13.1 Å². The summed E-state index contributed by atoms with van der Waals surface area (Å²) < 4.78 is 35.9. The molecule has 0 spiro atoms. The highest BCUT2D eigenvalue weighted by molar-refractivity contribution is 7.60. The van der Waals surface area contributed by atoms with E-state index in [2.05, 4.69) is 9.47 Å². The van der Waals surface area contributed by atoms with Crippen molar-refractivity contribution in [1.82, 2.24) is 4.67 Å². The summed E-state index contributed by atoms with van der Waals surface area (Å²) in [6, 6.07) is 0. The molecule has 8 heteroatoms. The van der Waals surface area contributed by atoms with Gasteiger partial charge in [-0.05, 0) is 0 Å². The summed E-state index contributed by atoms with van der Waals surface area (Å²) in [5, 5.41) is 0. The number of nitrogens with zero attached hydrogens (tertiary/aromatic N) is 1. The van der Waals surface area contributed by atoms with Crippen LogP contribution in [0.4, 0.5) is 4.20 Å². The second-order valence-electron chi connectivity index (χ2n) is 2.90. The van der Waals surface area contributed by atoms with E-state index in [0.717, 1.165) is 18.9 Å². The third kappa shape index (κ3) is 2.56. The molecule has 0 fully saturated rings. The van der Waals surface area contributed by atoms with Crippen LogP contribution in [0.15, 0.2) is 0 Å². The minimum absolute atomic E-state index is 0.138. The van der Waals surface area contributed by atoms with Crippen molar-refractivity contribution >= 4 is 25.2 Å². The van der Waals surface area contributed by atoms with Crippen LogP contribution in [0.2, 0.25) is 0 Å². The Hall–Kier alpha value is -0.160. The standard InChI is InChI=1S/C8H16ClFNO4P/c1-5-11(6-2)16(10,13)8(9,15-4)7(12)14-3/h5-6H2,1-4H3. The number of halogens is 2. The SMILES string of the molecule is CCN(CC)P(=O)(F)C(Cl)(OC)C(=O)OC. The number of methoxy groups -OCH3 is 2. The molecule has 0 bridgehead atoms. The van der Waals surface area contributed by atoms with Gasteiger partial charge in [-0.3, -0.25) is 4.57 Å². The Morgan fingerprint density at radius 3 is 2.12 bits per heavy atom. The Morgan fingerprint density at radius 2 is 1.88 bits per heavy atom. The fourth-order valence-electron chi connectivity index (χ4n) is 1.20. The molecule has 5 nitrogen and oxygen atoms in total. The lowest BCUT2D eigenvalue weighted by Gasteiger charge is -2.32. The second-order valence-corrected chi connectivity index (χ2v) is 5.89. The van der Waals surface area contributed by atoms with Gasteiger partial charge >= 0.3 is 18.4 Å². The fraction of sp³-hybridized carbons (Fsp3) is 0.875. The Morgan fingerprint density at radius 1 is 1.44 bits per heavy atom. The van der Waals surface area contributed by atoms with Gasteiger partial charge < -0.3 is 9.47 Å². The third-order valence-electron chi connectivity index (χ3n) is 2.16. The molecule has 0 saturated heterocycles. The molecule has 0 heterocycles. The van der Waals surface area contributed by atoms with Gasteiger partial charge in [-0.25, -0.2) is 9.46 Å². The monoisotopic (exact) mass is 275 g/mol. The lowest BCUT2D eigenvalue weighted by atomic mass is 10.7. The van der Waals surface area contributed by atoms with Crippen LogP contribution in [-0.4, -0.2) is 42.8 Å². The Labute approximate surface area is 99.4 Å². The van der Waals surface area contributed by atoms with E-state index in [9.17, 15) is 13.6 Å². The predicted octanol–water partition coefficient (Wildman–Crippen LogP) is 2.20. The highest BCUT2D eigenvalue weighted by atomic mass is 35.5. The molecule has 0 aromatic heterocycles. The van der Waals surface area contributed by atoms with Crippen LogP contribution in [0.3, 0.4) is 0 Å². The fourth-order valence-corrected chi connectivity index (χ4v) is 3.23. The smallest absolute Gasteiger partial charge is 0.367 e. The average molecular weight is 276 g/mol. The van der Waals surface area contributed by atoms with Crippen LogP contribution in [0.5, 0.6) is 0 Å². The first-order valence-corrected chi connectivity index (χ1v) is 6.62. The highest BCUT2D eigenvalue weighted by Crippen LogP contribution is 2.64. The molecule has 0 aliphatic heterocycles. The van der Waals surface area contributed by atoms with E-state index < -0.39 is 18.4 Å². The first kappa shape index (κ1) is 15.8. The minimum atomic E-state index is -4.70. The molecular formula is C8H16ClFNO4P. The number of esters is 1. The average Bonchev–Trinajstić information content (AvgIpc) is 2.27. The third-order valence-corrected chi connectivity index (χ3v) is 5.46. The summed E-state index contributed by atoms with van der Waals surface area (Å²) in [7, 11) is -2.68. The van der Waals surface area contributed by atoms with E-state index >= 15 is 0 Å². The maximum Gasteiger partial charge on any atom is 0.367 e. The Balaban J connectivity index is 5.37. The molecule has 0 rings (SSSR count). The molecule has 0 amide bonds. The molecule has 2 unspecified atom stereocenters. The van der Waals surface area contributed by atoms with Crippen LogP contribution < -0.4 is 0 Å². The van der Waals surface area contributed by atoms with Crippen molar-refractivity contribution in [3.8, 4) is 0 Å².